The standard InChI is InChI=1S/C12H16FN3O4S/c1-12(2,21(3,19)20)11(17)15-8-6-4-5-7(13)9(8)10(14)16-18/h4-6,18H,1-3H3,(H2,14,16)(H,15,17). The van der Waals surface area contributed by atoms with Gasteiger partial charge in [-0.2, -0.15) is 0 Å². The fraction of sp³-hybridized carbons (Fsp3) is 0.333. The number of carbonyl (C=O) groups is 1. The number of nitrogens with two attached hydrogens (primary N) is 1. The van der Waals surface area contributed by atoms with Gasteiger partial charge >= 0.3 is 0 Å². The summed E-state index contributed by atoms with van der Waals surface area (Å²) in [5.74, 6) is -2.22. The number of oxime groups is 1. The summed E-state index contributed by atoms with van der Waals surface area (Å²) in [4.78, 5) is 12.1. The van der Waals surface area contributed by atoms with Crippen molar-refractivity contribution in [1.29, 1.82) is 0 Å². The minimum absolute atomic E-state index is 0.0907. The van der Waals surface area contributed by atoms with Crippen molar-refractivity contribution in [1.82, 2.24) is 0 Å². The van der Waals surface area contributed by atoms with Crippen LogP contribution in [0.1, 0.15) is 19.4 Å². The summed E-state index contributed by atoms with van der Waals surface area (Å²) in [5, 5.41) is 13.6. The summed E-state index contributed by atoms with van der Waals surface area (Å²) < 4.78 is 35.2. The number of nitrogens with zero attached hydrogens (tertiary/aromatic N) is 1. The van der Waals surface area contributed by atoms with Gasteiger partial charge in [-0.3, -0.25) is 4.79 Å². The van der Waals surface area contributed by atoms with E-state index in [9.17, 15) is 17.6 Å². The molecule has 0 atom stereocenters. The topological polar surface area (TPSA) is 122 Å². The number of carbonyl (C=O) groups excluding carboxylic acids is 1. The number of hydrogen-bond donors (Lipinski definition) is 3. The highest BCUT2D eigenvalue weighted by Gasteiger charge is 2.38. The lowest BCUT2D eigenvalue weighted by atomic mass is 10.1. The molecule has 0 aliphatic carbocycles. The minimum atomic E-state index is -3.69. The third-order valence-electron chi connectivity index (χ3n) is 3.10. The molecule has 21 heavy (non-hydrogen) atoms. The van der Waals surface area contributed by atoms with Gasteiger partial charge in [-0.1, -0.05) is 11.2 Å². The molecule has 0 bridgehead atoms. The van der Waals surface area contributed by atoms with Crippen LogP contribution in [-0.2, 0) is 14.6 Å². The van der Waals surface area contributed by atoms with Crippen LogP contribution in [0.3, 0.4) is 0 Å². The molecule has 1 aromatic carbocycles. The molecule has 0 saturated heterocycles. The molecule has 4 N–H and O–H groups in total. The van der Waals surface area contributed by atoms with Crippen molar-refractivity contribution in [3.05, 3.63) is 29.6 Å². The first-order valence-electron chi connectivity index (χ1n) is 5.80. The zero-order valence-electron chi connectivity index (χ0n) is 11.7. The van der Waals surface area contributed by atoms with Crippen molar-refractivity contribution in [3.8, 4) is 0 Å². The number of benzene rings is 1. The van der Waals surface area contributed by atoms with Crippen molar-refractivity contribution in [2.75, 3.05) is 11.6 Å². The molecule has 0 fully saturated rings. The molecule has 0 spiro atoms. The van der Waals surface area contributed by atoms with Crippen LogP contribution in [0.25, 0.3) is 0 Å². The van der Waals surface area contributed by atoms with Crippen molar-refractivity contribution in [3.63, 3.8) is 0 Å². The van der Waals surface area contributed by atoms with Gasteiger partial charge in [0.15, 0.2) is 15.7 Å². The van der Waals surface area contributed by atoms with E-state index in [0.717, 1.165) is 12.3 Å². The van der Waals surface area contributed by atoms with Crippen molar-refractivity contribution in [2.45, 2.75) is 18.6 Å². The predicted molar refractivity (Wildman–Crippen MR) is 76.5 cm³/mol. The van der Waals surface area contributed by atoms with E-state index in [1.165, 1.54) is 26.0 Å². The highest BCUT2D eigenvalue weighted by Crippen LogP contribution is 2.22. The van der Waals surface area contributed by atoms with Crippen LogP contribution in [0.15, 0.2) is 23.4 Å². The van der Waals surface area contributed by atoms with Crippen molar-refractivity contribution in [2.24, 2.45) is 10.9 Å². The molecular formula is C12H16FN3O4S. The van der Waals surface area contributed by atoms with Crippen LogP contribution in [0.4, 0.5) is 10.1 Å². The minimum Gasteiger partial charge on any atom is -0.409 e. The Morgan fingerprint density at radius 3 is 2.48 bits per heavy atom. The Bertz CT molecular complexity index is 698. The highest BCUT2D eigenvalue weighted by molar-refractivity contribution is 7.92. The Hall–Kier alpha value is -2.16. The molecule has 116 valence electrons. The average Bonchev–Trinajstić information content (AvgIpc) is 2.36. The molecule has 0 aliphatic heterocycles. The van der Waals surface area contributed by atoms with Crippen LogP contribution >= 0.6 is 0 Å². The van der Waals surface area contributed by atoms with E-state index >= 15 is 0 Å². The lowest BCUT2D eigenvalue weighted by Crippen LogP contribution is -2.44. The third kappa shape index (κ3) is 3.30. The normalized spacial score (nSPS) is 13.0. The molecule has 1 amide bonds. The van der Waals surface area contributed by atoms with E-state index < -0.39 is 32.1 Å². The van der Waals surface area contributed by atoms with Crippen LogP contribution in [0, 0.1) is 5.82 Å². The second-order valence-corrected chi connectivity index (χ2v) is 7.45. The van der Waals surface area contributed by atoms with Gasteiger partial charge in [0.1, 0.15) is 10.6 Å². The quantitative estimate of drug-likeness (QED) is 0.326. The number of amidine groups is 1. The van der Waals surface area contributed by atoms with Gasteiger partial charge in [0, 0.05) is 6.26 Å². The smallest absolute Gasteiger partial charge is 0.245 e. The van der Waals surface area contributed by atoms with Gasteiger partial charge in [0.05, 0.1) is 11.3 Å². The predicted octanol–water partition coefficient (Wildman–Crippen LogP) is 0.682. The molecule has 0 unspecified atom stereocenters. The Balaban J connectivity index is 3.28. The van der Waals surface area contributed by atoms with E-state index in [1.54, 1.807) is 0 Å². The second kappa shape index (κ2) is 5.68. The first-order valence-corrected chi connectivity index (χ1v) is 7.69. The first-order chi connectivity index (χ1) is 9.52. The molecule has 0 aliphatic rings. The largest absolute Gasteiger partial charge is 0.409 e. The van der Waals surface area contributed by atoms with Gasteiger partial charge in [0.2, 0.25) is 5.91 Å². The summed E-state index contributed by atoms with van der Waals surface area (Å²) in [7, 11) is -3.69. The average molecular weight is 317 g/mol. The van der Waals surface area contributed by atoms with Crippen LogP contribution in [0.5, 0.6) is 0 Å². The van der Waals surface area contributed by atoms with E-state index in [2.05, 4.69) is 10.5 Å². The number of halogens is 1. The maximum absolute atomic E-state index is 13.7. The fourth-order valence-corrected chi connectivity index (χ4v) is 1.77. The number of anilines is 1. The molecule has 7 nitrogen and oxygen atoms in total. The van der Waals surface area contributed by atoms with E-state index in [-0.39, 0.29) is 11.3 Å². The molecule has 1 rings (SSSR count). The summed E-state index contributed by atoms with van der Waals surface area (Å²) in [6, 6.07) is 3.67. The molecule has 0 saturated carbocycles. The molecule has 0 aromatic heterocycles. The fourth-order valence-electron chi connectivity index (χ4n) is 1.38. The van der Waals surface area contributed by atoms with Gasteiger partial charge in [0.25, 0.3) is 0 Å². The van der Waals surface area contributed by atoms with E-state index in [4.69, 9.17) is 10.9 Å². The molecule has 0 heterocycles. The first kappa shape index (κ1) is 16.9. The molecule has 1 aromatic rings. The Labute approximate surface area is 121 Å². The maximum Gasteiger partial charge on any atom is 0.245 e. The van der Waals surface area contributed by atoms with Gasteiger partial charge < -0.3 is 16.3 Å². The monoisotopic (exact) mass is 317 g/mol. The van der Waals surface area contributed by atoms with Gasteiger partial charge in [-0.15, -0.1) is 0 Å². The van der Waals surface area contributed by atoms with Gasteiger partial charge in [-0.05, 0) is 26.0 Å². The maximum atomic E-state index is 13.7. The number of amides is 1. The lowest BCUT2D eigenvalue weighted by molar-refractivity contribution is -0.117. The van der Waals surface area contributed by atoms with Gasteiger partial charge in [-0.25, -0.2) is 12.8 Å². The van der Waals surface area contributed by atoms with Crippen molar-refractivity contribution >= 4 is 27.3 Å². The summed E-state index contributed by atoms with van der Waals surface area (Å²) in [6.45, 7) is 2.44. The van der Waals surface area contributed by atoms with E-state index in [0.29, 0.717) is 0 Å². The van der Waals surface area contributed by atoms with E-state index in [1.807, 2.05) is 0 Å². The molecular weight excluding hydrogens is 301 g/mol. The number of sulfone groups is 1. The van der Waals surface area contributed by atoms with Crippen LogP contribution in [0.2, 0.25) is 0 Å². The number of hydrogen-bond acceptors (Lipinski definition) is 5. The third-order valence-corrected chi connectivity index (χ3v) is 5.14. The van der Waals surface area contributed by atoms with Crippen molar-refractivity contribution < 1.29 is 22.8 Å². The number of nitrogens with one attached hydrogen (secondary N) is 1. The Kier molecular flexibility index (Phi) is 4.57. The Morgan fingerprint density at radius 2 is 2.00 bits per heavy atom. The van der Waals surface area contributed by atoms with Crippen LogP contribution in [-0.4, -0.2) is 36.4 Å². The second-order valence-electron chi connectivity index (χ2n) is 4.88. The summed E-state index contributed by atoms with van der Waals surface area (Å²) in [6.07, 6.45) is 0.919. The molecule has 0 radical (unpaired) electrons. The zero-order chi connectivity index (χ0) is 16.4. The lowest BCUT2D eigenvalue weighted by Gasteiger charge is -2.22. The highest BCUT2D eigenvalue weighted by atomic mass is 32.2. The zero-order valence-corrected chi connectivity index (χ0v) is 12.5. The Morgan fingerprint density at radius 1 is 1.43 bits per heavy atom. The van der Waals surface area contributed by atoms with Crippen LogP contribution < -0.4 is 11.1 Å². The summed E-state index contributed by atoms with van der Waals surface area (Å²) >= 11 is 0. The SMILES string of the molecule is CC(C)(C(=O)Nc1cccc(F)c1C(N)=NO)S(C)(=O)=O. The molecule has 9 heteroatoms. The summed E-state index contributed by atoms with van der Waals surface area (Å²) in [5.41, 5.74) is 4.94. The number of rotatable bonds is 4.